The van der Waals surface area contributed by atoms with Gasteiger partial charge < -0.3 is 14.9 Å². The Morgan fingerprint density at radius 2 is 2.13 bits per heavy atom. The molecule has 0 spiro atoms. The van der Waals surface area contributed by atoms with Crippen molar-refractivity contribution in [2.45, 2.75) is 42.5 Å². The zero-order valence-electron chi connectivity index (χ0n) is 16.5. The Morgan fingerprint density at radius 1 is 1.39 bits per heavy atom. The van der Waals surface area contributed by atoms with Gasteiger partial charge >= 0.3 is 0 Å². The minimum Gasteiger partial charge on any atom is -0.472 e. The molecular weight excluding hydrogens is 454 g/mol. The second kappa shape index (κ2) is 9.71. The van der Waals surface area contributed by atoms with Gasteiger partial charge in [0.2, 0.25) is 5.88 Å². The number of nitrogens with two attached hydrogens (primary N) is 1. The fourth-order valence-corrected chi connectivity index (χ4v) is 4.66. The molecule has 1 unspecified atom stereocenters. The molecule has 31 heavy (non-hydrogen) atoms. The molecule has 0 amide bonds. The molecule has 13 heteroatoms. The summed E-state index contributed by atoms with van der Waals surface area (Å²) in [6.07, 6.45) is -1.51. The van der Waals surface area contributed by atoms with Crippen LogP contribution in [0.5, 0.6) is 5.88 Å². The van der Waals surface area contributed by atoms with Crippen LogP contribution in [-0.2, 0) is 16.0 Å². The number of aliphatic hydroxyl groups excluding tert-OH is 2. The summed E-state index contributed by atoms with van der Waals surface area (Å²) in [7, 11) is -3.93. The van der Waals surface area contributed by atoms with Crippen molar-refractivity contribution < 1.29 is 32.1 Å². The molecule has 2 heterocycles. The summed E-state index contributed by atoms with van der Waals surface area (Å²) in [5, 5.41) is 24.2. The first kappa shape index (κ1) is 23.8. The molecule has 3 rings (SSSR count). The first-order valence-corrected chi connectivity index (χ1v) is 11.8. The van der Waals surface area contributed by atoms with E-state index in [-0.39, 0.29) is 28.9 Å². The number of aliphatic hydroxyl groups is 2. The van der Waals surface area contributed by atoms with Gasteiger partial charge in [-0.05, 0) is 19.4 Å². The highest BCUT2D eigenvalue weighted by molar-refractivity contribution is 7.98. The van der Waals surface area contributed by atoms with Crippen molar-refractivity contribution in [2.75, 3.05) is 13.2 Å². The number of hydrogen-bond acceptors (Lipinski definition) is 8. The molecule has 1 fully saturated rings. The summed E-state index contributed by atoms with van der Waals surface area (Å²) in [6.45, 7) is 1.24. The maximum atomic E-state index is 13.9. The van der Waals surface area contributed by atoms with Crippen LogP contribution < -0.4 is 9.88 Å². The third-order valence-corrected chi connectivity index (χ3v) is 6.75. The smallest absolute Gasteiger partial charge is 0.277 e. The lowest BCUT2D eigenvalue weighted by Gasteiger charge is -2.37. The number of halogens is 2. The van der Waals surface area contributed by atoms with Gasteiger partial charge in [0.1, 0.15) is 12.2 Å². The third kappa shape index (κ3) is 5.67. The van der Waals surface area contributed by atoms with Crippen LogP contribution in [0.25, 0.3) is 0 Å². The lowest BCUT2D eigenvalue weighted by Crippen LogP contribution is -2.48. The summed E-state index contributed by atoms with van der Waals surface area (Å²) in [5.41, 5.74) is 0.429. The van der Waals surface area contributed by atoms with Crippen LogP contribution in [0, 0.1) is 11.6 Å². The first-order chi connectivity index (χ1) is 14.6. The van der Waals surface area contributed by atoms with Crippen molar-refractivity contribution >= 4 is 22.0 Å². The van der Waals surface area contributed by atoms with Crippen LogP contribution >= 0.6 is 11.8 Å². The Morgan fingerprint density at radius 3 is 2.74 bits per heavy atom. The minimum absolute atomic E-state index is 0.0187. The maximum Gasteiger partial charge on any atom is 0.277 e. The average Bonchev–Trinajstić information content (AvgIpc) is 2.66. The summed E-state index contributed by atoms with van der Waals surface area (Å²) in [4.78, 5) is 8.55. The van der Waals surface area contributed by atoms with Crippen molar-refractivity contribution in [1.82, 2.24) is 14.3 Å². The number of aromatic nitrogens is 2. The molecule has 0 aliphatic carbocycles. The standard InChI is InChI=1S/C18H22F2N4O5S2/c1-10(15(26)8-25)29-16-7-13(14-5-6-24(14)31(21,27)28)22-18(23-16)30-9-11-3-2-4-12(19)17(11)20/h2-4,7,10,14-15,25-26H,5-6,8-9H2,1H3,(H2,21,27,28)/t10-,14?,15-/m1/s1. The van der Waals surface area contributed by atoms with E-state index in [1.54, 1.807) is 0 Å². The number of rotatable bonds is 9. The number of benzene rings is 1. The van der Waals surface area contributed by atoms with Gasteiger partial charge in [0, 0.05) is 23.9 Å². The van der Waals surface area contributed by atoms with E-state index in [2.05, 4.69) is 9.97 Å². The van der Waals surface area contributed by atoms with Crippen LogP contribution in [0.1, 0.15) is 30.6 Å². The van der Waals surface area contributed by atoms with Crippen LogP contribution in [0.3, 0.4) is 0 Å². The molecular formula is C18H22F2N4O5S2. The summed E-state index contributed by atoms with van der Waals surface area (Å²) in [5.74, 6) is -1.89. The number of hydrogen-bond donors (Lipinski definition) is 3. The Hall–Kier alpha value is -1.90. The summed E-state index contributed by atoms with van der Waals surface area (Å²) < 4.78 is 57.5. The van der Waals surface area contributed by atoms with E-state index >= 15 is 0 Å². The third-order valence-electron chi connectivity index (χ3n) is 4.76. The van der Waals surface area contributed by atoms with Gasteiger partial charge in [0.05, 0.1) is 18.3 Å². The van der Waals surface area contributed by atoms with Crippen molar-refractivity contribution in [3.05, 3.63) is 47.2 Å². The molecule has 0 radical (unpaired) electrons. The van der Waals surface area contributed by atoms with Gasteiger partial charge in [0.15, 0.2) is 16.8 Å². The zero-order valence-corrected chi connectivity index (χ0v) is 18.1. The topological polar surface area (TPSA) is 139 Å². The molecule has 4 N–H and O–H groups in total. The Balaban J connectivity index is 1.88. The molecule has 1 aliphatic heterocycles. The molecule has 0 saturated carbocycles. The van der Waals surface area contributed by atoms with Crippen molar-refractivity contribution in [3.8, 4) is 5.88 Å². The van der Waals surface area contributed by atoms with Crippen LogP contribution in [0.15, 0.2) is 29.4 Å². The van der Waals surface area contributed by atoms with Gasteiger partial charge in [-0.1, -0.05) is 23.9 Å². The van der Waals surface area contributed by atoms with E-state index in [0.29, 0.717) is 12.1 Å². The van der Waals surface area contributed by atoms with Gasteiger partial charge in [-0.15, -0.1) is 0 Å². The number of ether oxygens (including phenoxy) is 1. The molecule has 2 aromatic rings. The molecule has 1 aromatic heterocycles. The van der Waals surface area contributed by atoms with Crippen molar-refractivity contribution in [1.29, 1.82) is 0 Å². The average molecular weight is 477 g/mol. The summed E-state index contributed by atoms with van der Waals surface area (Å²) >= 11 is 1.01. The van der Waals surface area contributed by atoms with E-state index in [0.717, 1.165) is 22.1 Å². The molecule has 9 nitrogen and oxygen atoms in total. The van der Waals surface area contributed by atoms with E-state index in [1.165, 1.54) is 25.1 Å². The first-order valence-electron chi connectivity index (χ1n) is 9.30. The minimum atomic E-state index is -3.93. The molecule has 170 valence electrons. The predicted molar refractivity (Wildman–Crippen MR) is 108 cm³/mol. The van der Waals surface area contributed by atoms with Crippen molar-refractivity contribution in [2.24, 2.45) is 5.14 Å². The quantitative estimate of drug-likeness (QED) is 0.361. The van der Waals surface area contributed by atoms with E-state index < -0.39 is 46.7 Å². The van der Waals surface area contributed by atoms with Crippen LogP contribution in [0.2, 0.25) is 0 Å². The van der Waals surface area contributed by atoms with E-state index in [4.69, 9.17) is 15.0 Å². The second-order valence-electron chi connectivity index (χ2n) is 6.95. The summed E-state index contributed by atoms with van der Waals surface area (Å²) in [6, 6.07) is 4.63. The number of nitrogens with zero attached hydrogens (tertiary/aromatic N) is 3. The van der Waals surface area contributed by atoms with Gasteiger partial charge in [-0.25, -0.2) is 18.9 Å². The zero-order chi connectivity index (χ0) is 22.8. The maximum absolute atomic E-state index is 13.9. The Labute approximate surface area is 182 Å². The van der Waals surface area contributed by atoms with Gasteiger partial charge in [-0.3, -0.25) is 0 Å². The lowest BCUT2D eigenvalue weighted by molar-refractivity contribution is 0.00580. The SMILES string of the molecule is C[C@@H](Oc1cc(C2CCN2S(N)(=O)=O)nc(SCc2cccc(F)c2F)n1)[C@H](O)CO. The highest BCUT2D eigenvalue weighted by atomic mass is 32.2. The molecule has 1 saturated heterocycles. The largest absolute Gasteiger partial charge is 0.472 e. The monoisotopic (exact) mass is 476 g/mol. The van der Waals surface area contributed by atoms with Gasteiger partial charge in [-0.2, -0.15) is 17.7 Å². The highest BCUT2D eigenvalue weighted by Gasteiger charge is 2.38. The highest BCUT2D eigenvalue weighted by Crippen LogP contribution is 2.36. The normalized spacial score (nSPS) is 19.0. The predicted octanol–water partition coefficient (Wildman–Crippen LogP) is 1.12. The Kier molecular flexibility index (Phi) is 7.44. The Bertz CT molecular complexity index is 1040. The van der Waals surface area contributed by atoms with E-state index in [9.17, 15) is 22.3 Å². The van der Waals surface area contributed by atoms with Crippen molar-refractivity contribution in [3.63, 3.8) is 0 Å². The van der Waals surface area contributed by atoms with Crippen LogP contribution in [0.4, 0.5) is 8.78 Å². The fourth-order valence-electron chi connectivity index (χ4n) is 2.90. The fraction of sp³-hybridized carbons (Fsp3) is 0.444. The number of thioether (sulfide) groups is 1. The molecule has 3 atom stereocenters. The lowest BCUT2D eigenvalue weighted by atomic mass is 10.0. The van der Waals surface area contributed by atoms with Gasteiger partial charge in [0.25, 0.3) is 10.2 Å². The van der Waals surface area contributed by atoms with E-state index in [1.807, 2.05) is 0 Å². The van der Waals surface area contributed by atoms with Crippen LogP contribution in [-0.4, -0.2) is 58.3 Å². The molecule has 1 aliphatic rings. The molecule has 0 bridgehead atoms. The molecule has 1 aromatic carbocycles. The second-order valence-corrected chi connectivity index (χ2v) is 9.39.